The van der Waals surface area contributed by atoms with Gasteiger partial charge in [0.05, 0.1) is 0 Å². The molecule has 29 heavy (non-hydrogen) atoms. The number of nitrogens with one attached hydrogen (secondary N) is 1. The quantitative estimate of drug-likeness (QED) is 0.616. The summed E-state index contributed by atoms with van der Waals surface area (Å²) in [5.41, 5.74) is 1.08. The first-order valence-electron chi connectivity index (χ1n) is 8.55. The summed E-state index contributed by atoms with van der Waals surface area (Å²) in [4.78, 5) is 3.40. The number of hydrogen-bond donors (Lipinski definition) is 1. The van der Waals surface area contributed by atoms with Gasteiger partial charge in [-0.15, -0.1) is 0 Å². The normalized spacial score (nSPS) is 13.9. The van der Waals surface area contributed by atoms with Crippen molar-refractivity contribution < 1.29 is 30.8 Å². The second-order valence-electron chi connectivity index (χ2n) is 6.40. The van der Waals surface area contributed by atoms with E-state index in [1.54, 1.807) is 18.2 Å². The van der Waals surface area contributed by atoms with Gasteiger partial charge in [-0.2, -0.15) is 18.2 Å². The van der Waals surface area contributed by atoms with Gasteiger partial charge >= 0.3 is 12.1 Å². The SMILES string of the molecule is COC(C)S(=O)(=O)NCCn1cc(C)c2cc(-c3noc(C(F)(F)F)n3)ccc21. The molecule has 0 aliphatic heterocycles. The molecule has 0 saturated carbocycles. The minimum Gasteiger partial charge on any atom is -0.364 e. The average molecular weight is 432 g/mol. The molecule has 1 atom stereocenters. The van der Waals surface area contributed by atoms with Gasteiger partial charge in [-0.1, -0.05) is 5.16 Å². The zero-order valence-corrected chi connectivity index (χ0v) is 16.6. The first-order chi connectivity index (χ1) is 13.5. The largest absolute Gasteiger partial charge is 0.471 e. The maximum Gasteiger partial charge on any atom is 0.471 e. The lowest BCUT2D eigenvalue weighted by Crippen LogP contribution is -2.35. The molecule has 1 aromatic carbocycles. The Bertz CT molecular complexity index is 1120. The fraction of sp³-hybridized carbons (Fsp3) is 0.412. The monoisotopic (exact) mass is 432 g/mol. The van der Waals surface area contributed by atoms with Crippen LogP contribution in [0.2, 0.25) is 0 Å². The zero-order valence-electron chi connectivity index (χ0n) is 15.8. The topological polar surface area (TPSA) is 99.2 Å². The molecule has 1 unspecified atom stereocenters. The Morgan fingerprint density at radius 1 is 1.34 bits per heavy atom. The van der Waals surface area contributed by atoms with Crippen LogP contribution in [-0.4, -0.2) is 42.2 Å². The van der Waals surface area contributed by atoms with Crippen LogP contribution in [-0.2, 0) is 27.5 Å². The predicted molar refractivity (Wildman–Crippen MR) is 98.4 cm³/mol. The van der Waals surface area contributed by atoms with Crippen molar-refractivity contribution in [3.05, 3.63) is 35.9 Å². The zero-order chi connectivity index (χ0) is 21.4. The molecule has 0 bridgehead atoms. The van der Waals surface area contributed by atoms with Crippen LogP contribution >= 0.6 is 0 Å². The van der Waals surface area contributed by atoms with Gasteiger partial charge in [-0.3, -0.25) is 0 Å². The van der Waals surface area contributed by atoms with Crippen molar-refractivity contribution in [1.29, 1.82) is 0 Å². The molecule has 3 aromatic rings. The molecule has 8 nitrogen and oxygen atoms in total. The number of fused-ring (bicyclic) bond motifs is 1. The summed E-state index contributed by atoms with van der Waals surface area (Å²) >= 11 is 0. The van der Waals surface area contributed by atoms with Crippen LogP contribution < -0.4 is 4.72 Å². The lowest BCUT2D eigenvalue weighted by Gasteiger charge is -2.13. The molecular weight excluding hydrogens is 413 g/mol. The average Bonchev–Trinajstić information content (AvgIpc) is 3.26. The Morgan fingerprint density at radius 2 is 2.07 bits per heavy atom. The number of nitrogens with zero attached hydrogens (tertiary/aromatic N) is 3. The van der Waals surface area contributed by atoms with Gasteiger partial charge in [-0.25, -0.2) is 13.1 Å². The molecular formula is C17H19F3N4O4S. The van der Waals surface area contributed by atoms with E-state index in [9.17, 15) is 21.6 Å². The van der Waals surface area contributed by atoms with Crippen molar-refractivity contribution in [2.75, 3.05) is 13.7 Å². The maximum absolute atomic E-state index is 12.7. The summed E-state index contributed by atoms with van der Waals surface area (Å²) in [5.74, 6) is -1.56. The first-order valence-corrected chi connectivity index (χ1v) is 10.1. The number of rotatable bonds is 7. The third kappa shape index (κ3) is 4.43. The number of alkyl halides is 3. The van der Waals surface area contributed by atoms with Crippen molar-refractivity contribution in [3.63, 3.8) is 0 Å². The second kappa shape index (κ2) is 7.76. The lowest BCUT2D eigenvalue weighted by molar-refractivity contribution is -0.159. The number of ether oxygens (including phenoxy) is 1. The highest BCUT2D eigenvalue weighted by molar-refractivity contribution is 7.89. The number of hydrogen-bond acceptors (Lipinski definition) is 6. The van der Waals surface area contributed by atoms with Crippen LogP contribution in [0.15, 0.2) is 28.9 Å². The number of sulfonamides is 1. The van der Waals surface area contributed by atoms with E-state index in [4.69, 9.17) is 4.74 Å². The Morgan fingerprint density at radius 3 is 2.69 bits per heavy atom. The number of benzene rings is 1. The van der Waals surface area contributed by atoms with Gasteiger partial charge in [0.2, 0.25) is 15.8 Å². The third-order valence-corrected chi connectivity index (χ3v) is 6.10. The van der Waals surface area contributed by atoms with Crippen molar-refractivity contribution in [3.8, 4) is 11.4 Å². The summed E-state index contributed by atoms with van der Waals surface area (Å²) in [6.45, 7) is 3.79. The standard InChI is InChI=1S/C17H19F3N4O4S/c1-10-9-24(7-6-21-29(25,26)11(2)27-3)14-5-4-12(8-13(10)14)15-22-16(28-23-15)17(18,19)20/h4-5,8-9,11,21H,6-7H2,1-3H3. The van der Waals surface area contributed by atoms with Crippen molar-refractivity contribution >= 4 is 20.9 Å². The molecule has 158 valence electrons. The third-order valence-electron chi connectivity index (χ3n) is 4.43. The van der Waals surface area contributed by atoms with Crippen molar-refractivity contribution in [1.82, 2.24) is 19.4 Å². The van der Waals surface area contributed by atoms with E-state index in [1.807, 2.05) is 17.7 Å². The van der Waals surface area contributed by atoms with Crippen LogP contribution in [0.5, 0.6) is 0 Å². The van der Waals surface area contributed by atoms with Gasteiger partial charge < -0.3 is 13.8 Å². The van der Waals surface area contributed by atoms with E-state index >= 15 is 0 Å². The highest BCUT2D eigenvalue weighted by Gasteiger charge is 2.38. The summed E-state index contributed by atoms with van der Waals surface area (Å²) in [5, 5.41) is 4.18. The number of aryl methyl sites for hydroxylation is 1. The van der Waals surface area contributed by atoms with Crippen LogP contribution in [0.25, 0.3) is 22.3 Å². The fourth-order valence-corrected chi connectivity index (χ4v) is 3.67. The van der Waals surface area contributed by atoms with Crippen LogP contribution in [0.1, 0.15) is 18.4 Å². The molecule has 0 aliphatic rings. The van der Waals surface area contributed by atoms with Crippen molar-refractivity contribution in [2.45, 2.75) is 32.0 Å². The molecule has 2 heterocycles. The summed E-state index contributed by atoms with van der Waals surface area (Å²) in [6, 6.07) is 4.97. The summed E-state index contributed by atoms with van der Waals surface area (Å²) in [6.07, 6.45) is -2.87. The molecule has 12 heteroatoms. The second-order valence-corrected chi connectivity index (χ2v) is 8.44. The Balaban J connectivity index is 1.82. The summed E-state index contributed by atoms with van der Waals surface area (Å²) in [7, 11) is -2.27. The molecule has 3 rings (SSSR count). The molecule has 0 spiro atoms. The maximum atomic E-state index is 12.7. The Kier molecular flexibility index (Phi) is 5.70. The number of halogens is 3. The van der Waals surface area contributed by atoms with Gasteiger partial charge in [0.25, 0.3) is 0 Å². The van der Waals surface area contributed by atoms with E-state index in [-0.39, 0.29) is 12.4 Å². The number of aromatic nitrogens is 3. The molecule has 0 saturated heterocycles. The first kappa shape index (κ1) is 21.3. The molecule has 1 N–H and O–H groups in total. The van der Waals surface area contributed by atoms with Crippen molar-refractivity contribution in [2.24, 2.45) is 0 Å². The molecule has 2 aromatic heterocycles. The van der Waals surface area contributed by atoms with E-state index in [0.29, 0.717) is 12.1 Å². The highest BCUT2D eigenvalue weighted by Crippen LogP contribution is 2.31. The Hall–Kier alpha value is -2.44. The molecule has 0 aliphatic carbocycles. The smallest absolute Gasteiger partial charge is 0.364 e. The minimum atomic E-state index is -4.71. The van der Waals surface area contributed by atoms with Crippen LogP contribution in [0, 0.1) is 6.92 Å². The van der Waals surface area contributed by atoms with E-state index < -0.39 is 27.5 Å². The van der Waals surface area contributed by atoms with E-state index in [1.165, 1.54) is 14.0 Å². The Labute approximate surface area is 164 Å². The fourth-order valence-electron chi connectivity index (χ4n) is 2.81. The van der Waals surface area contributed by atoms with Gasteiger partial charge in [0, 0.05) is 42.9 Å². The van der Waals surface area contributed by atoms with E-state index in [2.05, 4.69) is 19.4 Å². The van der Waals surface area contributed by atoms with Gasteiger partial charge in [-0.05, 0) is 37.6 Å². The summed E-state index contributed by atoms with van der Waals surface area (Å²) < 4.78 is 75.3. The number of methoxy groups -OCH3 is 1. The lowest BCUT2D eigenvalue weighted by atomic mass is 10.1. The van der Waals surface area contributed by atoms with Crippen LogP contribution in [0.3, 0.4) is 0 Å². The molecule has 0 fully saturated rings. The highest BCUT2D eigenvalue weighted by atomic mass is 32.2. The predicted octanol–water partition coefficient (Wildman–Crippen LogP) is 2.93. The van der Waals surface area contributed by atoms with E-state index in [0.717, 1.165) is 16.5 Å². The minimum absolute atomic E-state index is 0.154. The molecule has 0 radical (unpaired) electrons. The van der Waals surface area contributed by atoms with Gasteiger partial charge in [0.15, 0.2) is 5.44 Å². The van der Waals surface area contributed by atoms with Gasteiger partial charge in [0.1, 0.15) is 0 Å². The van der Waals surface area contributed by atoms with Crippen LogP contribution in [0.4, 0.5) is 13.2 Å². The molecule has 0 amide bonds.